The molecular formula is C15H19ClO4. The Morgan fingerprint density at radius 1 is 1.05 bits per heavy atom. The van der Waals surface area contributed by atoms with Gasteiger partial charge in [-0.1, -0.05) is 25.8 Å². The Bertz CT molecular complexity index is 445. The number of benzene rings is 1. The quantitative estimate of drug-likeness (QED) is 0.419. The standard InChI is InChI=1S/C15H19ClO4/c1-2-3-4-9-19-14(17)12-6-5-7-13(11-12)15(18)20-10-8-16/h5-7,11H,2-4,8-10H2,1H3. The van der Waals surface area contributed by atoms with Crippen LogP contribution in [0.5, 0.6) is 0 Å². The van der Waals surface area contributed by atoms with Crippen LogP contribution in [0.15, 0.2) is 24.3 Å². The summed E-state index contributed by atoms with van der Waals surface area (Å²) in [6.45, 7) is 2.62. The second kappa shape index (κ2) is 9.37. The maximum Gasteiger partial charge on any atom is 0.338 e. The molecule has 0 radical (unpaired) electrons. The van der Waals surface area contributed by atoms with Gasteiger partial charge in [0, 0.05) is 0 Å². The fourth-order valence-electron chi connectivity index (χ4n) is 1.59. The second-order valence-electron chi connectivity index (χ2n) is 4.25. The molecule has 0 atom stereocenters. The number of unbranched alkanes of at least 4 members (excludes halogenated alkanes) is 2. The van der Waals surface area contributed by atoms with Crippen molar-refractivity contribution in [1.82, 2.24) is 0 Å². The van der Waals surface area contributed by atoms with Crippen molar-refractivity contribution in [2.45, 2.75) is 26.2 Å². The van der Waals surface area contributed by atoms with Crippen LogP contribution in [0.1, 0.15) is 46.9 Å². The van der Waals surface area contributed by atoms with E-state index < -0.39 is 11.9 Å². The predicted octanol–water partition coefficient (Wildman–Crippen LogP) is 3.43. The summed E-state index contributed by atoms with van der Waals surface area (Å²) in [6.07, 6.45) is 2.94. The third-order valence-corrected chi connectivity index (χ3v) is 2.78. The van der Waals surface area contributed by atoms with Crippen LogP contribution in [0.25, 0.3) is 0 Å². The van der Waals surface area contributed by atoms with Crippen LogP contribution < -0.4 is 0 Å². The molecule has 0 saturated heterocycles. The molecular weight excluding hydrogens is 280 g/mol. The van der Waals surface area contributed by atoms with Crippen molar-refractivity contribution >= 4 is 23.5 Å². The van der Waals surface area contributed by atoms with Gasteiger partial charge >= 0.3 is 11.9 Å². The number of carbonyl (C=O) groups excluding carboxylic acids is 2. The normalized spacial score (nSPS) is 10.1. The number of alkyl halides is 1. The monoisotopic (exact) mass is 298 g/mol. The Labute approximate surface area is 124 Å². The summed E-state index contributed by atoms with van der Waals surface area (Å²) < 4.78 is 10.0. The third-order valence-electron chi connectivity index (χ3n) is 2.63. The van der Waals surface area contributed by atoms with Crippen LogP contribution in [0, 0.1) is 0 Å². The molecule has 0 aliphatic rings. The maximum atomic E-state index is 11.8. The van der Waals surface area contributed by atoms with Gasteiger partial charge in [-0.3, -0.25) is 0 Å². The topological polar surface area (TPSA) is 52.6 Å². The summed E-state index contributed by atoms with van der Waals surface area (Å²) in [4.78, 5) is 23.4. The van der Waals surface area contributed by atoms with Crippen molar-refractivity contribution in [1.29, 1.82) is 0 Å². The Morgan fingerprint density at radius 3 is 2.20 bits per heavy atom. The fraction of sp³-hybridized carbons (Fsp3) is 0.467. The van der Waals surface area contributed by atoms with E-state index in [1.54, 1.807) is 18.2 Å². The molecule has 0 aliphatic carbocycles. The number of esters is 2. The van der Waals surface area contributed by atoms with E-state index in [0.29, 0.717) is 17.7 Å². The van der Waals surface area contributed by atoms with Crippen molar-refractivity contribution in [3.8, 4) is 0 Å². The number of halogens is 1. The molecule has 4 nitrogen and oxygen atoms in total. The highest BCUT2D eigenvalue weighted by Gasteiger charge is 2.12. The molecule has 1 aromatic rings. The zero-order valence-corrected chi connectivity index (χ0v) is 12.3. The lowest BCUT2D eigenvalue weighted by Gasteiger charge is -2.06. The zero-order valence-electron chi connectivity index (χ0n) is 11.6. The molecule has 0 saturated carbocycles. The van der Waals surface area contributed by atoms with Gasteiger partial charge in [0.25, 0.3) is 0 Å². The van der Waals surface area contributed by atoms with Gasteiger partial charge in [0.2, 0.25) is 0 Å². The maximum absolute atomic E-state index is 11.8. The molecule has 0 aliphatic heterocycles. The summed E-state index contributed by atoms with van der Waals surface area (Å²) in [5, 5.41) is 0. The lowest BCUT2D eigenvalue weighted by molar-refractivity contribution is 0.0498. The van der Waals surface area contributed by atoms with Crippen LogP contribution in [0.2, 0.25) is 0 Å². The van der Waals surface area contributed by atoms with Crippen LogP contribution in [0.3, 0.4) is 0 Å². The second-order valence-corrected chi connectivity index (χ2v) is 4.63. The number of hydrogen-bond acceptors (Lipinski definition) is 4. The van der Waals surface area contributed by atoms with E-state index in [2.05, 4.69) is 6.92 Å². The molecule has 0 spiro atoms. The SMILES string of the molecule is CCCCCOC(=O)c1cccc(C(=O)OCCCl)c1. The fourth-order valence-corrected chi connectivity index (χ4v) is 1.67. The Balaban J connectivity index is 2.58. The minimum atomic E-state index is -0.494. The van der Waals surface area contributed by atoms with E-state index in [9.17, 15) is 9.59 Å². The molecule has 5 heteroatoms. The summed E-state index contributed by atoms with van der Waals surface area (Å²) in [5.41, 5.74) is 0.667. The van der Waals surface area contributed by atoms with Gasteiger partial charge in [0.05, 0.1) is 23.6 Å². The molecule has 0 fully saturated rings. The number of hydrogen-bond donors (Lipinski definition) is 0. The highest BCUT2D eigenvalue weighted by atomic mass is 35.5. The van der Waals surface area contributed by atoms with Crippen molar-refractivity contribution in [2.24, 2.45) is 0 Å². The molecule has 20 heavy (non-hydrogen) atoms. The average Bonchev–Trinajstić information content (AvgIpc) is 2.49. The zero-order chi connectivity index (χ0) is 14.8. The molecule has 110 valence electrons. The van der Waals surface area contributed by atoms with Crippen LogP contribution in [-0.2, 0) is 9.47 Å². The molecule has 1 rings (SSSR count). The van der Waals surface area contributed by atoms with E-state index in [0.717, 1.165) is 19.3 Å². The first-order valence-corrected chi connectivity index (χ1v) is 7.22. The van der Waals surface area contributed by atoms with E-state index in [4.69, 9.17) is 21.1 Å². The van der Waals surface area contributed by atoms with Gasteiger partial charge in [-0.25, -0.2) is 9.59 Å². The van der Waals surface area contributed by atoms with Gasteiger partial charge in [-0.2, -0.15) is 0 Å². The van der Waals surface area contributed by atoms with Gasteiger partial charge in [0.15, 0.2) is 0 Å². The molecule has 0 heterocycles. The minimum absolute atomic E-state index is 0.145. The highest BCUT2D eigenvalue weighted by molar-refractivity contribution is 6.18. The van der Waals surface area contributed by atoms with E-state index in [1.807, 2.05) is 0 Å². The minimum Gasteiger partial charge on any atom is -0.462 e. The molecule has 1 aromatic carbocycles. The van der Waals surface area contributed by atoms with Crippen molar-refractivity contribution in [3.63, 3.8) is 0 Å². The van der Waals surface area contributed by atoms with Gasteiger partial charge in [-0.15, -0.1) is 11.6 Å². The van der Waals surface area contributed by atoms with Gasteiger partial charge < -0.3 is 9.47 Å². The van der Waals surface area contributed by atoms with Crippen LogP contribution in [0.4, 0.5) is 0 Å². The summed E-state index contributed by atoms with van der Waals surface area (Å²) in [6, 6.07) is 6.30. The first-order valence-electron chi connectivity index (χ1n) is 6.69. The van der Waals surface area contributed by atoms with Crippen molar-refractivity contribution < 1.29 is 19.1 Å². The van der Waals surface area contributed by atoms with E-state index in [1.165, 1.54) is 6.07 Å². The lowest BCUT2D eigenvalue weighted by Crippen LogP contribution is -2.10. The van der Waals surface area contributed by atoms with Crippen molar-refractivity contribution in [2.75, 3.05) is 19.1 Å². The number of ether oxygens (including phenoxy) is 2. The molecule has 0 N–H and O–H groups in total. The molecule has 0 unspecified atom stereocenters. The molecule has 0 aromatic heterocycles. The Hall–Kier alpha value is -1.55. The van der Waals surface area contributed by atoms with E-state index >= 15 is 0 Å². The summed E-state index contributed by atoms with van der Waals surface area (Å²) in [7, 11) is 0. The Kier molecular flexibility index (Phi) is 7.73. The Morgan fingerprint density at radius 2 is 1.65 bits per heavy atom. The van der Waals surface area contributed by atoms with E-state index in [-0.39, 0.29) is 12.5 Å². The third kappa shape index (κ3) is 5.61. The van der Waals surface area contributed by atoms with Crippen molar-refractivity contribution in [3.05, 3.63) is 35.4 Å². The number of rotatable bonds is 8. The van der Waals surface area contributed by atoms with Crippen LogP contribution in [-0.4, -0.2) is 31.0 Å². The molecule has 0 amide bonds. The first-order chi connectivity index (χ1) is 9.69. The predicted molar refractivity (Wildman–Crippen MR) is 77.3 cm³/mol. The van der Waals surface area contributed by atoms with Crippen LogP contribution >= 0.6 is 11.6 Å². The summed E-state index contributed by atoms with van der Waals surface area (Å²) >= 11 is 5.45. The van der Waals surface area contributed by atoms with Gasteiger partial charge in [-0.05, 0) is 24.6 Å². The highest BCUT2D eigenvalue weighted by Crippen LogP contribution is 2.09. The lowest BCUT2D eigenvalue weighted by atomic mass is 10.1. The first kappa shape index (κ1) is 16.5. The van der Waals surface area contributed by atoms with Gasteiger partial charge in [0.1, 0.15) is 6.61 Å². The number of carbonyl (C=O) groups is 2. The average molecular weight is 299 g/mol. The largest absolute Gasteiger partial charge is 0.462 e. The molecule has 0 bridgehead atoms. The smallest absolute Gasteiger partial charge is 0.338 e. The summed E-state index contributed by atoms with van der Waals surface area (Å²) in [5.74, 6) is -0.676.